The number of nitrogens with one attached hydrogen (secondary N) is 1. The van der Waals surface area contributed by atoms with Gasteiger partial charge in [-0.05, 0) is 18.2 Å². The molecular formula is C9H7BrClNO3. The number of halogens is 2. The van der Waals surface area contributed by atoms with Crippen LogP contribution in [0, 0.1) is 0 Å². The number of carbonyl (C=O) groups is 2. The third kappa shape index (κ3) is 3.53. The van der Waals surface area contributed by atoms with Gasteiger partial charge in [-0.1, -0.05) is 27.5 Å². The highest BCUT2D eigenvalue weighted by atomic mass is 79.9. The van der Waals surface area contributed by atoms with Crippen molar-refractivity contribution in [2.75, 3.05) is 6.54 Å². The number of aliphatic carboxylic acids is 1. The van der Waals surface area contributed by atoms with E-state index in [1.165, 1.54) is 6.07 Å². The van der Waals surface area contributed by atoms with E-state index in [9.17, 15) is 9.59 Å². The summed E-state index contributed by atoms with van der Waals surface area (Å²) in [5, 5.41) is 10.9. The van der Waals surface area contributed by atoms with Gasteiger partial charge in [0.05, 0.1) is 10.6 Å². The van der Waals surface area contributed by atoms with Crippen molar-refractivity contribution in [2.45, 2.75) is 0 Å². The van der Waals surface area contributed by atoms with Crippen molar-refractivity contribution < 1.29 is 14.7 Å². The Morgan fingerprint density at radius 3 is 2.67 bits per heavy atom. The van der Waals surface area contributed by atoms with E-state index < -0.39 is 18.4 Å². The lowest BCUT2D eigenvalue weighted by Crippen LogP contribution is -2.29. The maximum Gasteiger partial charge on any atom is 0.322 e. The Balaban J connectivity index is 2.78. The van der Waals surface area contributed by atoms with E-state index in [2.05, 4.69) is 21.2 Å². The molecule has 0 fully saturated rings. The van der Waals surface area contributed by atoms with Crippen LogP contribution >= 0.6 is 27.5 Å². The summed E-state index contributed by atoms with van der Waals surface area (Å²) in [5.41, 5.74) is 0.251. The van der Waals surface area contributed by atoms with Crippen LogP contribution in [0.1, 0.15) is 10.4 Å². The Bertz CT molecular complexity index is 408. The van der Waals surface area contributed by atoms with Crippen molar-refractivity contribution in [3.05, 3.63) is 33.3 Å². The summed E-state index contributed by atoms with van der Waals surface area (Å²) in [6, 6.07) is 4.74. The first-order chi connectivity index (χ1) is 7.00. The minimum absolute atomic E-state index is 0.251. The second-order valence-corrected chi connectivity index (χ2v) is 4.02. The minimum Gasteiger partial charge on any atom is -0.480 e. The highest BCUT2D eigenvalue weighted by Gasteiger charge is 2.10. The molecule has 15 heavy (non-hydrogen) atoms. The molecule has 0 aliphatic heterocycles. The molecule has 4 nitrogen and oxygen atoms in total. The van der Waals surface area contributed by atoms with E-state index in [1.54, 1.807) is 12.1 Å². The molecule has 0 bridgehead atoms. The van der Waals surface area contributed by atoms with Crippen LogP contribution in [0.15, 0.2) is 22.7 Å². The summed E-state index contributed by atoms with van der Waals surface area (Å²) in [6.07, 6.45) is 0. The van der Waals surface area contributed by atoms with E-state index in [0.717, 1.165) is 4.47 Å². The van der Waals surface area contributed by atoms with E-state index in [0.29, 0.717) is 0 Å². The third-order valence-corrected chi connectivity index (χ3v) is 2.38. The van der Waals surface area contributed by atoms with Gasteiger partial charge in [0.2, 0.25) is 0 Å². The Kier molecular flexibility index (Phi) is 4.11. The molecule has 0 saturated heterocycles. The van der Waals surface area contributed by atoms with Crippen LogP contribution in [0.25, 0.3) is 0 Å². The van der Waals surface area contributed by atoms with E-state index in [4.69, 9.17) is 16.7 Å². The largest absolute Gasteiger partial charge is 0.480 e. The summed E-state index contributed by atoms with van der Waals surface area (Å²) in [7, 11) is 0. The molecule has 2 N–H and O–H groups in total. The quantitative estimate of drug-likeness (QED) is 0.894. The summed E-state index contributed by atoms with van der Waals surface area (Å²) >= 11 is 9.00. The second-order valence-electron chi connectivity index (χ2n) is 2.70. The Hall–Kier alpha value is -1.07. The summed E-state index contributed by atoms with van der Waals surface area (Å²) in [4.78, 5) is 21.6. The van der Waals surface area contributed by atoms with Gasteiger partial charge in [-0.3, -0.25) is 9.59 Å². The number of rotatable bonds is 3. The zero-order valence-corrected chi connectivity index (χ0v) is 9.80. The van der Waals surface area contributed by atoms with Crippen molar-refractivity contribution in [3.63, 3.8) is 0 Å². The molecule has 1 rings (SSSR count). The number of carboxylic acids is 1. The molecule has 1 amide bonds. The number of hydrogen-bond donors (Lipinski definition) is 2. The van der Waals surface area contributed by atoms with Gasteiger partial charge in [-0.25, -0.2) is 0 Å². The van der Waals surface area contributed by atoms with Gasteiger partial charge in [0.1, 0.15) is 6.54 Å². The normalized spacial score (nSPS) is 9.73. The number of benzene rings is 1. The first-order valence-electron chi connectivity index (χ1n) is 3.95. The molecular weight excluding hydrogens is 285 g/mol. The van der Waals surface area contributed by atoms with Crippen LogP contribution in [0.4, 0.5) is 0 Å². The molecule has 0 aliphatic rings. The SMILES string of the molecule is O=C(O)CNC(=O)c1ccc(Br)cc1Cl. The van der Waals surface area contributed by atoms with Crippen molar-refractivity contribution >= 4 is 39.4 Å². The van der Waals surface area contributed by atoms with Crippen LogP contribution in [0.3, 0.4) is 0 Å². The fourth-order valence-electron chi connectivity index (χ4n) is 0.925. The molecule has 0 radical (unpaired) electrons. The first-order valence-corrected chi connectivity index (χ1v) is 5.13. The number of carbonyl (C=O) groups excluding carboxylic acids is 1. The first kappa shape index (κ1) is 12.0. The summed E-state index contributed by atoms with van der Waals surface area (Å²) in [6.45, 7) is -0.425. The fourth-order valence-corrected chi connectivity index (χ4v) is 1.68. The van der Waals surface area contributed by atoms with E-state index in [1.807, 2.05) is 0 Å². The molecule has 0 spiro atoms. The zero-order valence-electron chi connectivity index (χ0n) is 7.46. The Morgan fingerprint density at radius 2 is 2.13 bits per heavy atom. The van der Waals surface area contributed by atoms with Gasteiger partial charge < -0.3 is 10.4 Å². The minimum atomic E-state index is -1.10. The number of amides is 1. The molecule has 6 heteroatoms. The lowest BCUT2D eigenvalue weighted by Gasteiger charge is -2.04. The van der Waals surface area contributed by atoms with Crippen molar-refractivity contribution in [1.82, 2.24) is 5.32 Å². The Labute approximate surface area is 99.4 Å². The molecule has 1 aromatic carbocycles. The van der Waals surface area contributed by atoms with Crippen molar-refractivity contribution in [1.29, 1.82) is 0 Å². The van der Waals surface area contributed by atoms with Crippen LogP contribution in [-0.2, 0) is 4.79 Å². The van der Waals surface area contributed by atoms with Gasteiger partial charge in [-0.15, -0.1) is 0 Å². The monoisotopic (exact) mass is 291 g/mol. The number of hydrogen-bond acceptors (Lipinski definition) is 2. The van der Waals surface area contributed by atoms with E-state index in [-0.39, 0.29) is 10.6 Å². The van der Waals surface area contributed by atoms with Crippen molar-refractivity contribution in [2.24, 2.45) is 0 Å². The standard InChI is InChI=1S/C9H7BrClNO3/c10-5-1-2-6(7(11)3-5)9(15)12-4-8(13)14/h1-3H,4H2,(H,12,15)(H,13,14). The molecule has 80 valence electrons. The predicted molar refractivity (Wildman–Crippen MR) is 59.1 cm³/mol. The van der Waals surface area contributed by atoms with Gasteiger partial charge in [0, 0.05) is 4.47 Å². The highest BCUT2D eigenvalue weighted by molar-refractivity contribution is 9.10. The van der Waals surface area contributed by atoms with Crippen molar-refractivity contribution in [3.8, 4) is 0 Å². The molecule has 0 aromatic heterocycles. The van der Waals surface area contributed by atoms with Gasteiger partial charge in [-0.2, -0.15) is 0 Å². The van der Waals surface area contributed by atoms with Crippen LogP contribution in [0.2, 0.25) is 5.02 Å². The zero-order chi connectivity index (χ0) is 11.4. The molecule has 0 atom stereocenters. The lowest BCUT2D eigenvalue weighted by atomic mass is 10.2. The third-order valence-electron chi connectivity index (χ3n) is 1.58. The predicted octanol–water partition coefficient (Wildman–Crippen LogP) is 1.92. The van der Waals surface area contributed by atoms with Crippen LogP contribution in [0.5, 0.6) is 0 Å². The second kappa shape index (κ2) is 5.14. The molecule has 0 aliphatic carbocycles. The van der Waals surface area contributed by atoms with Gasteiger partial charge >= 0.3 is 5.97 Å². The van der Waals surface area contributed by atoms with Gasteiger partial charge in [0.25, 0.3) is 5.91 Å². The molecule has 0 heterocycles. The average molecular weight is 293 g/mol. The van der Waals surface area contributed by atoms with Crippen LogP contribution in [-0.4, -0.2) is 23.5 Å². The van der Waals surface area contributed by atoms with Gasteiger partial charge in [0.15, 0.2) is 0 Å². The topological polar surface area (TPSA) is 66.4 Å². The summed E-state index contributed by atoms with van der Waals surface area (Å²) in [5.74, 6) is -1.61. The summed E-state index contributed by atoms with van der Waals surface area (Å²) < 4.78 is 0.752. The maximum atomic E-state index is 11.4. The lowest BCUT2D eigenvalue weighted by molar-refractivity contribution is -0.135. The molecule has 1 aromatic rings. The Morgan fingerprint density at radius 1 is 1.47 bits per heavy atom. The average Bonchev–Trinajstić information content (AvgIpc) is 2.14. The van der Waals surface area contributed by atoms with Crippen LogP contribution < -0.4 is 5.32 Å². The fraction of sp³-hybridized carbons (Fsp3) is 0.111. The highest BCUT2D eigenvalue weighted by Crippen LogP contribution is 2.21. The van der Waals surface area contributed by atoms with E-state index >= 15 is 0 Å². The molecule has 0 saturated carbocycles. The smallest absolute Gasteiger partial charge is 0.322 e. The molecule has 0 unspecified atom stereocenters. The maximum absolute atomic E-state index is 11.4. The number of carboxylic acid groups (broad SMARTS) is 1.